The van der Waals surface area contributed by atoms with Gasteiger partial charge >= 0.3 is 0 Å². The van der Waals surface area contributed by atoms with Crippen molar-refractivity contribution in [1.82, 2.24) is 5.32 Å². The normalized spacial score (nSPS) is 13.0. The van der Waals surface area contributed by atoms with Gasteiger partial charge in [-0.1, -0.05) is 12.1 Å². The van der Waals surface area contributed by atoms with Crippen molar-refractivity contribution in [2.75, 3.05) is 20.3 Å². The van der Waals surface area contributed by atoms with E-state index in [1.807, 2.05) is 0 Å². The largest absolute Gasteiger partial charge is 0.375 e. The topological polar surface area (TPSA) is 21.3 Å². The molecular formula is C14H20F3NO. The predicted octanol–water partition coefficient (Wildman–Crippen LogP) is 3.37. The van der Waals surface area contributed by atoms with Crippen LogP contribution in [-0.2, 0) is 4.74 Å². The fourth-order valence-electron chi connectivity index (χ4n) is 2.03. The van der Waals surface area contributed by atoms with Gasteiger partial charge in [-0.3, -0.25) is 0 Å². The van der Waals surface area contributed by atoms with Gasteiger partial charge in [0.05, 0.1) is 0 Å². The molecule has 0 aliphatic carbocycles. The summed E-state index contributed by atoms with van der Waals surface area (Å²) in [4.78, 5) is 0. The Morgan fingerprint density at radius 2 is 1.79 bits per heavy atom. The summed E-state index contributed by atoms with van der Waals surface area (Å²) in [6.45, 7) is 3.13. The van der Waals surface area contributed by atoms with Gasteiger partial charge < -0.3 is 10.1 Å². The Hall–Kier alpha value is -1.07. The number of hydrogen-bond acceptors (Lipinski definition) is 2. The molecule has 0 bridgehead atoms. The second-order valence-corrected chi connectivity index (χ2v) is 4.56. The third-order valence-electron chi connectivity index (χ3n) is 3.00. The number of ether oxygens (including phenoxy) is 1. The van der Waals surface area contributed by atoms with Gasteiger partial charge in [0.1, 0.15) is 12.4 Å². The first-order chi connectivity index (χ1) is 8.95. The lowest BCUT2D eigenvalue weighted by Gasteiger charge is -2.18. The first-order valence-corrected chi connectivity index (χ1v) is 6.25. The molecule has 2 nitrogen and oxygen atoms in total. The minimum absolute atomic E-state index is 0.0318. The van der Waals surface area contributed by atoms with E-state index in [-0.39, 0.29) is 18.5 Å². The minimum atomic E-state index is -2.44. The maximum absolute atomic E-state index is 13.5. The third kappa shape index (κ3) is 4.84. The van der Waals surface area contributed by atoms with Gasteiger partial charge in [-0.15, -0.1) is 0 Å². The number of nitrogens with one attached hydrogen (secondary N) is 1. The zero-order valence-electron chi connectivity index (χ0n) is 11.5. The van der Waals surface area contributed by atoms with Crippen LogP contribution < -0.4 is 5.32 Å². The quantitative estimate of drug-likeness (QED) is 0.770. The van der Waals surface area contributed by atoms with E-state index in [2.05, 4.69) is 5.32 Å². The highest BCUT2D eigenvalue weighted by atomic mass is 19.3. The van der Waals surface area contributed by atoms with Crippen LogP contribution in [-0.4, -0.2) is 26.7 Å². The van der Waals surface area contributed by atoms with Crippen LogP contribution in [0.4, 0.5) is 13.2 Å². The molecule has 0 aromatic heterocycles. The maximum Gasteiger partial charge on any atom is 0.261 e. The van der Waals surface area contributed by atoms with Gasteiger partial charge in [-0.05, 0) is 44.0 Å². The molecule has 1 aromatic rings. The zero-order valence-corrected chi connectivity index (χ0v) is 11.5. The van der Waals surface area contributed by atoms with Gasteiger partial charge in [0, 0.05) is 12.6 Å². The molecule has 1 aromatic carbocycles. The van der Waals surface area contributed by atoms with Crippen molar-refractivity contribution >= 4 is 0 Å². The molecule has 0 aliphatic heterocycles. The van der Waals surface area contributed by atoms with Gasteiger partial charge in [0.15, 0.2) is 0 Å². The molecule has 1 unspecified atom stereocenters. The summed E-state index contributed by atoms with van der Waals surface area (Å²) in [7, 11) is 1.78. The van der Waals surface area contributed by atoms with E-state index in [9.17, 15) is 13.2 Å². The maximum atomic E-state index is 13.5. The van der Waals surface area contributed by atoms with Crippen molar-refractivity contribution in [2.24, 2.45) is 0 Å². The van der Waals surface area contributed by atoms with Crippen molar-refractivity contribution in [2.45, 2.75) is 32.7 Å². The van der Waals surface area contributed by atoms with Crippen LogP contribution in [0, 0.1) is 19.7 Å². The summed E-state index contributed by atoms with van der Waals surface area (Å²) >= 11 is 0. The van der Waals surface area contributed by atoms with Gasteiger partial charge in [-0.2, -0.15) is 0 Å². The van der Waals surface area contributed by atoms with Crippen LogP contribution in [0.3, 0.4) is 0 Å². The van der Waals surface area contributed by atoms with E-state index in [1.165, 1.54) is 0 Å². The number of rotatable bonds is 7. The first kappa shape index (κ1) is 16.0. The summed E-state index contributed by atoms with van der Waals surface area (Å²) in [5, 5.41) is 3.09. The lowest BCUT2D eigenvalue weighted by atomic mass is 9.99. The molecule has 1 rings (SSSR count). The number of aryl methyl sites for hydroxylation is 2. The Morgan fingerprint density at radius 3 is 2.26 bits per heavy atom. The van der Waals surface area contributed by atoms with Crippen molar-refractivity contribution < 1.29 is 17.9 Å². The number of hydrogen-bond donors (Lipinski definition) is 1. The van der Waals surface area contributed by atoms with Crippen LogP contribution in [0.25, 0.3) is 0 Å². The van der Waals surface area contributed by atoms with E-state index in [0.717, 1.165) is 5.56 Å². The Bertz CT molecular complexity index is 387. The highest BCUT2D eigenvalue weighted by Crippen LogP contribution is 2.22. The molecule has 0 spiro atoms. The van der Waals surface area contributed by atoms with Crippen LogP contribution in [0.15, 0.2) is 12.1 Å². The Balaban J connectivity index is 2.64. The number of benzene rings is 1. The van der Waals surface area contributed by atoms with Crippen molar-refractivity contribution in [3.63, 3.8) is 0 Å². The molecule has 108 valence electrons. The van der Waals surface area contributed by atoms with Crippen LogP contribution in [0.5, 0.6) is 0 Å². The summed E-state index contributed by atoms with van der Waals surface area (Å²) in [6.07, 6.45) is -1.88. The second kappa shape index (κ2) is 7.50. The third-order valence-corrected chi connectivity index (χ3v) is 3.00. The summed E-state index contributed by atoms with van der Waals surface area (Å²) in [6, 6.07) is 3.52. The molecule has 19 heavy (non-hydrogen) atoms. The van der Waals surface area contributed by atoms with Crippen LogP contribution >= 0.6 is 0 Å². The van der Waals surface area contributed by atoms with E-state index in [0.29, 0.717) is 17.5 Å². The van der Waals surface area contributed by atoms with Crippen molar-refractivity contribution in [1.29, 1.82) is 0 Å². The fraction of sp³-hybridized carbons (Fsp3) is 0.571. The highest BCUT2D eigenvalue weighted by Gasteiger charge is 2.13. The van der Waals surface area contributed by atoms with E-state index >= 15 is 0 Å². The van der Waals surface area contributed by atoms with E-state index in [1.54, 1.807) is 33.0 Å². The lowest BCUT2D eigenvalue weighted by Crippen LogP contribution is -2.19. The summed E-state index contributed by atoms with van der Waals surface area (Å²) in [5.74, 6) is -0.201. The number of alkyl halides is 2. The summed E-state index contributed by atoms with van der Waals surface area (Å²) < 4.78 is 42.3. The second-order valence-electron chi connectivity index (χ2n) is 4.56. The molecule has 5 heteroatoms. The first-order valence-electron chi connectivity index (χ1n) is 6.25. The average molecular weight is 275 g/mol. The lowest BCUT2D eigenvalue weighted by molar-refractivity contribution is 0.0145. The number of halogens is 3. The molecule has 0 saturated carbocycles. The standard InChI is InChI=1S/C14H20F3NO/c1-9-6-11(7-10(2)14(9)17)12(18-3)4-5-19-8-13(15)16/h6-7,12-13,18H,4-5,8H2,1-3H3. The van der Waals surface area contributed by atoms with Crippen LogP contribution in [0.2, 0.25) is 0 Å². The van der Waals surface area contributed by atoms with Crippen molar-refractivity contribution in [3.05, 3.63) is 34.6 Å². The monoisotopic (exact) mass is 275 g/mol. The Morgan fingerprint density at radius 1 is 1.21 bits per heavy atom. The molecule has 0 radical (unpaired) electrons. The molecule has 1 N–H and O–H groups in total. The SMILES string of the molecule is CNC(CCOCC(F)F)c1cc(C)c(F)c(C)c1. The Kier molecular flexibility index (Phi) is 6.31. The van der Waals surface area contributed by atoms with Crippen molar-refractivity contribution in [3.8, 4) is 0 Å². The molecule has 0 saturated heterocycles. The predicted molar refractivity (Wildman–Crippen MR) is 69.1 cm³/mol. The Labute approximate surface area is 112 Å². The van der Waals surface area contributed by atoms with Gasteiger partial charge in [0.2, 0.25) is 0 Å². The molecule has 0 heterocycles. The average Bonchev–Trinajstić information content (AvgIpc) is 2.35. The molecular weight excluding hydrogens is 255 g/mol. The highest BCUT2D eigenvalue weighted by molar-refractivity contribution is 5.32. The van der Waals surface area contributed by atoms with E-state index < -0.39 is 13.0 Å². The zero-order chi connectivity index (χ0) is 14.4. The summed E-state index contributed by atoms with van der Waals surface area (Å²) in [5.41, 5.74) is 2.12. The van der Waals surface area contributed by atoms with Gasteiger partial charge in [-0.25, -0.2) is 13.2 Å². The smallest absolute Gasteiger partial charge is 0.261 e. The molecule has 0 aliphatic rings. The molecule has 0 amide bonds. The van der Waals surface area contributed by atoms with Gasteiger partial charge in [0.25, 0.3) is 6.43 Å². The fourth-order valence-corrected chi connectivity index (χ4v) is 2.03. The minimum Gasteiger partial charge on any atom is -0.375 e. The van der Waals surface area contributed by atoms with Crippen LogP contribution in [0.1, 0.15) is 29.2 Å². The molecule has 1 atom stereocenters. The van der Waals surface area contributed by atoms with E-state index in [4.69, 9.17) is 4.74 Å². The molecule has 0 fully saturated rings.